The van der Waals surface area contributed by atoms with E-state index in [-0.39, 0.29) is 0 Å². The highest BCUT2D eigenvalue weighted by Crippen LogP contribution is 2.27. The van der Waals surface area contributed by atoms with E-state index >= 15 is 0 Å². The molecule has 70 valence electrons. The number of nitrogens with one attached hydrogen (secondary N) is 1. The van der Waals surface area contributed by atoms with Crippen LogP contribution in [0.5, 0.6) is 0 Å². The number of nitrogens with two attached hydrogens (primary N) is 1. The molecular formula is C9H18N2S. The predicted octanol–water partition coefficient (Wildman–Crippen LogP) is 1.54. The van der Waals surface area contributed by atoms with Gasteiger partial charge in [0.1, 0.15) is 0 Å². The second kappa shape index (κ2) is 5.62. The molecule has 0 aromatic heterocycles. The highest BCUT2D eigenvalue weighted by atomic mass is 32.2. The Morgan fingerprint density at radius 2 is 2.58 bits per heavy atom. The molecule has 0 spiro atoms. The molecule has 0 aliphatic carbocycles. The number of thioether (sulfide) groups is 1. The normalized spacial score (nSPS) is 25.6. The Hall–Kier alpha value is 0.0100. The minimum absolute atomic E-state index is 0.498. The number of rotatable bonds is 5. The molecule has 2 nitrogen and oxygen atoms in total. The van der Waals surface area contributed by atoms with E-state index in [2.05, 4.69) is 12.0 Å². The van der Waals surface area contributed by atoms with Crippen LogP contribution in [0.4, 0.5) is 0 Å². The van der Waals surface area contributed by atoms with Crippen LogP contribution in [0, 0.1) is 5.92 Å². The number of hydrazine groups is 1. The number of allylic oxidation sites excluding steroid dienone is 1. The van der Waals surface area contributed by atoms with E-state index in [1.165, 1.54) is 17.9 Å². The molecule has 1 saturated heterocycles. The summed E-state index contributed by atoms with van der Waals surface area (Å²) in [6.07, 6.45) is 5.48. The average Bonchev–Trinajstić information content (AvgIpc) is 2.59. The summed E-state index contributed by atoms with van der Waals surface area (Å²) in [5.41, 5.74) is 2.92. The SMILES string of the molecule is C=CCCC(NN)C1CCSC1. The van der Waals surface area contributed by atoms with Crippen molar-refractivity contribution in [2.75, 3.05) is 11.5 Å². The van der Waals surface area contributed by atoms with Crippen LogP contribution in [-0.4, -0.2) is 17.5 Å². The van der Waals surface area contributed by atoms with E-state index in [0.717, 1.165) is 18.8 Å². The van der Waals surface area contributed by atoms with Crippen LogP contribution in [0.2, 0.25) is 0 Å². The lowest BCUT2D eigenvalue weighted by Gasteiger charge is -2.21. The van der Waals surface area contributed by atoms with E-state index in [1.54, 1.807) is 0 Å². The minimum Gasteiger partial charge on any atom is -0.271 e. The summed E-state index contributed by atoms with van der Waals surface area (Å²) in [5.74, 6) is 8.85. The summed E-state index contributed by atoms with van der Waals surface area (Å²) >= 11 is 2.04. The largest absolute Gasteiger partial charge is 0.271 e. The van der Waals surface area contributed by atoms with E-state index < -0.39 is 0 Å². The Kier molecular flexibility index (Phi) is 4.73. The summed E-state index contributed by atoms with van der Waals surface area (Å²) < 4.78 is 0. The smallest absolute Gasteiger partial charge is 0.0249 e. The summed E-state index contributed by atoms with van der Waals surface area (Å²) in [7, 11) is 0. The van der Waals surface area contributed by atoms with Gasteiger partial charge in [0.15, 0.2) is 0 Å². The van der Waals surface area contributed by atoms with Crippen molar-refractivity contribution in [3.05, 3.63) is 12.7 Å². The van der Waals surface area contributed by atoms with Crippen molar-refractivity contribution in [2.24, 2.45) is 11.8 Å². The van der Waals surface area contributed by atoms with Crippen LogP contribution >= 0.6 is 11.8 Å². The van der Waals surface area contributed by atoms with Crippen LogP contribution in [0.3, 0.4) is 0 Å². The van der Waals surface area contributed by atoms with Crippen LogP contribution in [0.1, 0.15) is 19.3 Å². The molecule has 1 heterocycles. The molecular weight excluding hydrogens is 168 g/mol. The lowest BCUT2D eigenvalue weighted by Crippen LogP contribution is -2.40. The fourth-order valence-corrected chi connectivity index (χ4v) is 2.96. The summed E-state index contributed by atoms with van der Waals surface area (Å²) in [4.78, 5) is 0. The Bertz CT molecular complexity index is 132. The average molecular weight is 186 g/mol. The van der Waals surface area contributed by atoms with Crippen LogP contribution in [0.15, 0.2) is 12.7 Å². The minimum atomic E-state index is 0.498. The summed E-state index contributed by atoms with van der Waals surface area (Å²) in [6.45, 7) is 3.72. The molecule has 1 fully saturated rings. The zero-order valence-corrected chi connectivity index (χ0v) is 8.28. The van der Waals surface area contributed by atoms with E-state index in [9.17, 15) is 0 Å². The van der Waals surface area contributed by atoms with Gasteiger partial charge in [-0.2, -0.15) is 11.8 Å². The van der Waals surface area contributed by atoms with E-state index in [1.807, 2.05) is 17.8 Å². The first-order valence-corrected chi connectivity index (χ1v) is 5.68. The topological polar surface area (TPSA) is 38.0 Å². The Balaban J connectivity index is 2.27. The van der Waals surface area contributed by atoms with Gasteiger partial charge in [-0.1, -0.05) is 6.08 Å². The summed E-state index contributed by atoms with van der Waals surface area (Å²) in [6, 6.07) is 0.498. The van der Waals surface area contributed by atoms with Crippen LogP contribution in [0.25, 0.3) is 0 Å². The zero-order chi connectivity index (χ0) is 8.81. The van der Waals surface area contributed by atoms with Crippen molar-refractivity contribution in [3.63, 3.8) is 0 Å². The monoisotopic (exact) mass is 186 g/mol. The predicted molar refractivity (Wildman–Crippen MR) is 56.0 cm³/mol. The molecule has 1 rings (SSSR count). The second-order valence-corrected chi connectivity index (χ2v) is 4.41. The first kappa shape index (κ1) is 10.1. The Morgan fingerprint density at radius 3 is 3.08 bits per heavy atom. The third-order valence-corrected chi connectivity index (χ3v) is 3.62. The maximum absolute atomic E-state index is 5.50. The number of hydrogen-bond acceptors (Lipinski definition) is 3. The van der Waals surface area contributed by atoms with Gasteiger partial charge in [0, 0.05) is 6.04 Å². The van der Waals surface area contributed by atoms with Crippen molar-refractivity contribution >= 4 is 11.8 Å². The number of hydrogen-bond donors (Lipinski definition) is 2. The molecule has 0 aromatic carbocycles. The molecule has 0 amide bonds. The fourth-order valence-electron chi connectivity index (χ4n) is 1.62. The van der Waals surface area contributed by atoms with Crippen molar-refractivity contribution in [1.82, 2.24) is 5.43 Å². The molecule has 3 heteroatoms. The van der Waals surface area contributed by atoms with Crippen molar-refractivity contribution in [2.45, 2.75) is 25.3 Å². The highest BCUT2D eigenvalue weighted by Gasteiger charge is 2.23. The maximum Gasteiger partial charge on any atom is 0.0249 e. The summed E-state index contributed by atoms with van der Waals surface area (Å²) in [5, 5.41) is 0. The van der Waals surface area contributed by atoms with Crippen LogP contribution in [-0.2, 0) is 0 Å². The zero-order valence-electron chi connectivity index (χ0n) is 7.46. The molecule has 0 bridgehead atoms. The van der Waals surface area contributed by atoms with Gasteiger partial charge in [-0.25, -0.2) is 0 Å². The standard InChI is InChI=1S/C9H18N2S/c1-2-3-4-9(11-10)8-5-6-12-7-8/h2,8-9,11H,1,3-7,10H2. The molecule has 2 unspecified atom stereocenters. The van der Waals surface area contributed by atoms with Crippen molar-refractivity contribution in [1.29, 1.82) is 0 Å². The van der Waals surface area contributed by atoms with Gasteiger partial charge < -0.3 is 0 Å². The Morgan fingerprint density at radius 1 is 1.75 bits per heavy atom. The maximum atomic E-state index is 5.50. The first-order valence-electron chi connectivity index (χ1n) is 4.53. The molecule has 1 aliphatic rings. The lowest BCUT2D eigenvalue weighted by molar-refractivity contribution is 0.370. The highest BCUT2D eigenvalue weighted by molar-refractivity contribution is 7.99. The van der Waals surface area contributed by atoms with Gasteiger partial charge in [0.25, 0.3) is 0 Å². The quantitative estimate of drug-likeness (QED) is 0.388. The lowest BCUT2D eigenvalue weighted by atomic mass is 9.96. The first-order chi connectivity index (χ1) is 5.88. The van der Waals surface area contributed by atoms with Gasteiger partial charge in [-0.05, 0) is 36.7 Å². The van der Waals surface area contributed by atoms with Crippen molar-refractivity contribution in [3.8, 4) is 0 Å². The molecule has 3 N–H and O–H groups in total. The third kappa shape index (κ3) is 2.81. The van der Waals surface area contributed by atoms with E-state index in [4.69, 9.17) is 5.84 Å². The third-order valence-electron chi connectivity index (χ3n) is 2.43. The molecule has 12 heavy (non-hydrogen) atoms. The fraction of sp³-hybridized carbons (Fsp3) is 0.778. The molecule has 0 aromatic rings. The van der Waals surface area contributed by atoms with Gasteiger partial charge in [0.05, 0.1) is 0 Å². The van der Waals surface area contributed by atoms with E-state index in [0.29, 0.717) is 6.04 Å². The molecule has 2 atom stereocenters. The van der Waals surface area contributed by atoms with Gasteiger partial charge in [0.2, 0.25) is 0 Å². The molecule has 1 aliphatic heterocycles. The second-order valence-electron chi connectivity index (χ2n) is 3.26. The molecule has 0 saturated carbocycles. The van der Waals surface area contributed by atoms with Gasteiger partial charge in [-0.3, -0.25) is 11.3 Å². The molecule has 0 radical (unpaired) electrons. The van der Waals surface area contributed by atoms with Gasteiger partial charge in [-0.15, -0.1) is 6.58 Å². The van der Waals surface area contributed by atoms with Crippen molar-refractivity contribution < 1.29 is 0 Å². The van der Waals surface area contributed by atoms with Crippen LogP contribution < -0.4 is 11.3 Å². The Labute approximate surface area is 78.9 Å². The van der Waals surface area contributed by atoms with Gasteiger partial charge >= 0.3 is 0 Å².